The van der Waals surface area contributed by atoms with Gasteiger partial charge < -0.3 is 0 Å². The second-order valence-corrected chi connectivity index (χ2v) is 7.29. The molecule has 0 aliphatic carbocycles. The molecule has 1 aromatic carbocycles. The molecule has 0 saturated heterocycles. The summed E-state index contributed by atoms with van der Waals surface area (Å²) in [5, 5.41) is 8.13. The highest BCUT2D eigenvalue weighted by Crippen LogP contribution is 2.27. The van der Waals surface area contributed by atoms with Crippen LogP contribution in [0.5, 0.6) is 0 Å². The Morgan fingerprint density at radius 1 is 1.22 bits per heavy atom. The van der Waals surface area contributed by atoms with Gasteiger partial charge in [-0.2, -0.15) is 5.10 Å². The lowest BCUT2D eigenvalue weighted by Crippen LogP contribution is -2.18. The number of halogens is 1. The third-order valence-electron chi connectivity index (χ3n) is 4.87. The molecule has 4 aromatic rings. The highest BCUT2D eigenvalue weighted by molar-refractivity contribution is 6.30. The van der Waals surface area contributed by atoms with Crippen molar-refractivity contribution in [1.29, 1.82) is 0 Å². The van der Waals surface area contributed by atoms with Gasteiger partial charge in [-0.1, -0.05) is 30.7 Å². The number of rotatable bonds is 4. The summed E-state index contributed by atoms with van der Waals surface area (Å²) in [7, 11) is 0. The van der Waals surface area contributed by atoms with Gasteiger partial charge in [0.1, 0.15) is 0 Å². The molecule has 4 rings (SSSR count). The number of hydrogen-bond acceptors (Lipinski definition) is 3. The zero-order valence-corrected chi connectivity index (χ0v) is 16.2. The fourth-order valence-electron chi connectivity index (χ4n) is 3.29. The number of aryl methyl sites for hydroxylation is 2. The maximum absolute atomic E-state index is 12.7. The predicted molar refractivity (Wildman–Crippen MR) is 106 cm³/mol. The van der Waals surface area contributed by atoms with Gasteiger partial charge >= 0.3 is 0 Å². The molecule has 3 heterocycles. The highest BCUT2D eigenvalue weighted by Gasteiger charge is 2.17. The SMILES string of the molecule is Cc1c(-c2cccc(Cl)c2)[nH]n2c(=O)cc([C@H](C)Cn3nccc3C)nc12. The fourth-order valence-corrected chi connectivity index (χ4v) is 3.48. The number of hydrogen-bond donors (Lipinski definition) is 1. The predicted octanol–water partition coefficient (Wildman–Crippen LogP) is 3.96. The molecule has 6 nitrogen and oxygen atoms in total. The van der Waals surface area contributed by atoms with Crippen LogP contribution in [0.1, 0.15) is 29.8 Å². The lowest BCUT2D eigenvalue weighted by atomic mass is 10.1. The van der Waals surface area contributed by atoms with Crippen molar-refractivity contribution in [3.63, 3.8) is 0 Å². The number of aromatic nitrogens is 5. The van der Waals surface area contributed by atoms with Crippen LogP contribution < -0.4 is 5.56 Å². The Bertz CT molecular complexity index is 1190. The number of fused-ring (bicyclic) bond motifs is 1. The molecule has 27 heavy (non-hydrogen) atoms. The van der Waals surface area contributed by atoms with Crippen molar-refractivity contribution in [1.82, 2.24) is 24.4 Å². The minimum atomic E-state index is -0.129. The van der Waals surface area contributed by atoms with Crippen LogP contribution >= 0.6 is 11.6 Å². The van der Waals surface area contributed by atoms with E-state index < -0.39 is 0 Å². The van der Waals surface area contributed by atoms with Crippen LogP contribution in [-0.4, -0.2) is 24.4 Å². The van der Waals surface area contributed by atoms with Gasteiger partial charge in [0.15, 0.2) is 5.65 Å². The fraction of sp³-hybridized carbons (Fsp3) is 0.250. The first-order chi connectivity index (χ1) is 12.9. The monoisotopic (exact) mass is 381 g/mol. The van der Waals surface area contributed by atoms with Crippen molar-refractivity contribution in [3.05, 3.63) is 74.9 Å². The van der Waals surface area contributed by atoms with Crippen LogP contribution in [0.3, 0.4) is 0 Å². The Hall–Kier alpha value is -2.86. The maximum Gasteiger partial charge on any atom is 0.272 e. The Morgan fingerprint density at radius 3 is 2.74 bits per heavy atom. The van der Waals surface area contributed by atoms with E-state index in [-0.39, 0.29) is 11.5 Å². The van der Waals surface area contributed by atoms with Gasteiger partial charge in [-0.15, -0.1) is 0 Å². The summed E-state index contributed by atoms with van der Waals surface area (Å²) in [5.41, 5.74) is 5.03. The van der Waals surface area contributed by atoms with E-state index in [9.17, 15) is 4.79 Å². The first kappa shape index (κ1) is 17.5. The first-order valence-corrected chi connectivity index (χ1v) is 9.18. The first-order valence-electron chi connectivity index (χ1n) is 8.80. The summed E-state index contributed by atoms with van der Waals surface area (Å²) in [6.07, 6.45) is 1.78. The summed E-state index contributed by atoms with van der Waals surface area (Å²) in [5.74, 6) is 0.0604. The van der Waals surface area contributed by atoms with E-state index in [1.54, 1.807) is 12.3 Å². The minimum Gasteiger partial charge on any atom is -0.289 e. The molecule has 0 fully saturated rings. The molecule has 3 aromatic heterocycles. The molecule has 0 spiro atoms. The van der Waals surface area contributed by atoms with Crippen molar-refractivity contribution in [3.8, 4) is 11.3 Å². The van der Waals surface area contributed by atoms with Gasteiger partial charge in [0, 0.05) is 46.6 Å². The van der Waals surface area contributed by atoms with Gasteiger partial charge in [0.05, 0.1) is 11.4 Å². The Labute approximate surface area is 161 Å². The van der Waals surface area contributed by atoms with E-state index in [1.165, 1.54) is 4.52 Å². The van der Waals surface area contributed by atoms with Gasteiger partial charge in [-0.25, -0.2) is 9.50 Å². The molecule has 1 atom stereocenters. The average molecular weight is 382 g/mol. The van der Waals surface area contributed by atoms with E-state index in [0.29, 0.717) is 17.2 Å². The van der Waals surface area contributed by atoms with Crippen molar-refractivity contribution < 1.29 is 0 Å². The Balaban J connectivity index is 1.78. The molecular weight excluding hydrogens is 362 g/mol. The lowest BCUT2D eigenvalue weighted by Gasteiger charge is -2.12. The summed E-state index contributed by atoms with van der Waals surface area (Å²) in [6, 6.07) is 11.1. The van der Waals surface area contributed by atoms with Crippen molar-refractivity contribution in [2.24, 2.45) is 0 Å². The molecule has 0 aliphatic rings. The third-order valence-corrected chi connectivity index (χ3v) is 5.10. The van der Waals surface area contributed by atoms with Crippen LogP contribution in [0.4, 0.5) is 0 Å². The average Bonchev–Trinajstić information content (AvgIpc) is 3.19. The molecule has 1 N–H and O–H groups in total. The zero-order chi connectivity index (χ0) is 19.1. The molecule has 0 bridgehead atoms. The molecule has 0 amide bonds. The molecule has 0 saturated carbocycles. The second-order valence-electron chi connectivity index (χ2n) is 6.86. The number of nitrogens with one attached hydrogen (secondary N) is 1. The van der Waals surface area contributed by atoms with Gasteiger partial charge in [-0.3, -0.25) is 14.6 Å². The Kier molecular flexibility index (Phi) is 4.36. The van der Waals surface area contributed by atoms with E-state index >= 15 is 0 Å². The number of nitrogens with zero attached hydrogens (tertiary/aromatic N) is 4. The van der Waals surface area contributed by atoms with Gasteiger partial charge in [0.2, 0.25) is 0 Å². The van der Waals surface area contributed by atoms with Gasteiger partial charge in [-0.05, 0) is 32.0 Å². The van der Waals surface area contributed by atoms with E-state index in [4.69, 9.17) is 16.6 Å². The quantitative estimate of drug-likeness (QED) is 0.581. The molecular formula is C20H20ClN5O. The summed E-state index contributed by atoms with van der Waals surface area (Å²) in [4.78, 5) is 17.5. The van der Waals surface area contributed by atoms with Crippen molar-refractivity contribution in [2.45, 2.75) is 33.2 Å². The third kappa shape index (κ3) is 3.17. The van der Waals surface area contributed by atoms with Crippen LogP contribution in [0.2, 0.25) is 5.02 Å². The highest BCUT2D eigenvalue weighted by atomic mass is 35.5. The lowest BCUT2D eigenvalue weighted by molar-refractivity contribution is 0.523. The molecule has 0 aliphatic heterocycles. The van der Waals surface area contributed by atoms with Crippen LogP contribution in [-0.2, 0) is 6.54 Å². The number of aromatic amines is 1. The minimum absolute atomic E-state index is 0.0604. The molecule has 7 heteroatoms. The standard InChI is InChI=1S/C20H20ClN5O/c1-12(11-25-13(2)7-8-22-25)17-10-18(27)26-20(23-17)14(3)19(24-26)15-5-4-6-16(21)9-15/h4-10,12,24H,11H2,1-3H3/t12-/m1/s1. The van der Waals surface area contributed by atoms with E-state index in [0.717, 1.165) is 28.2 Å². The van der Waals surface area contributed by atoms with Crippen LogP contribution in [0, 0.1) is 13.8 Å². The van der Waals surface area contributed by atoms with Crippen molar-refractivity contribution >= 4 is 17.2 Å². The number of benzene rings is 1. The second kappa shape index (κ2) is 6.70. The largest absolute Gasteiger partial charge is 0.289 e. The zero-order valence-electron chi connectivity index (χ0n) is 15.4. The van der Waals surface area contributed by atoms with E-state index in [2.05, 4.69) is 17.1 Å². The van der Waals surface area contributed by atoms with E-state index in [1.807, 2.05) is 48.9 Å². The summed E-state index contributed by atoms with van der Waals surface area (Å²) >= 11 is 6.12. The number of H-pyrrole nitrogens is 1. The summed E-state index contributed by atoms with van der Waals surface area (Å²) < 4.78 is 3.41. The molecule has 138 valence electrons. The molecule has 0 radical (unpaired) electrons. The Morgan fingerprint density at radius 2 is 2.04 bits per heavy atom. The topological polar surface area (TPSA) is 68.0 Å². The normalized spacial score (nSPS) is 12.6. The smallest absolute Gasteiger partial charge is 0.272 e. The van der Waals surface area contributed by atoms with Crippen LogP contribution in [0.15, 0.2) is 47.4 Å². The molecule has 0 unspecified atom stereocenters. The van der Waals surface area contributed by atoms with Crippen LogP contribution in [0.25, 0.3) is 16.9 Å². The summed E-state index contributed by atoms with van der Waals surface area (Å²) in [6.45, 7) is 6.70. The van der Waals surface area contributed by atoms with Gasteiger partial charge in [0.25, 0.3) is 5.56 Å². The van der Waals surface area contributed by atoms with Crippen molar-refractivity contribution in [2.75, 3.05) is 0 Å². The maximum atomic E-state index is 12.7.